The van der Waals surface area contributed by atoms with Crippen LogP contribution in [0.5, 0.6) is 0 Å². The summed E-state index contributed by atoms with van der Waals surface area (Å²) < 4.78 is 4.94. The maximum Gasteiger partial charge on any atom is 0.0655 e. The van der Waals surface area contributed by atoms with E-state index in [0.29, 0.717) is 6.04 Å². The van der Waals surface area contributed by atoms with E-state index in [1.165, 1.54) is 25.8 Å². The van der Waals surface area contributed by atoms with E-state index < -0.39 is 0 Å². The molecule has 1 saturated heterocycles. The van der Waals surface area contributed by atoms with Crippen molar-refractivity contribution in [1.29, 1.82) is 0 Å². The van der Waals surface area contributed by atoms with E-state index in [9.17, 15) is 0 Å². The quantitative estimate of drug-likeness (QED) is 0.587. The van der Waals surface area contributed by atoms with E-state index in [1.807, 2.05) is 0 Å². The van der Waals surface area contributed by atoms with E-state index in [2.05, 4.69) is 14.8 Å². The summed E-state index contributed by atoms with van der Waals surface area (Å²) in [5.41, 5.74) is 0. The van der Waals surface area contributed by atoms with Gasteiger partial charge in [-0.25, -0.2) is 0 Å². The van der Waals surface area contributed by atoms with Gasteiger partial charge in [0.2, 0.25) is 0 Å². The Labute approximate surface area is 58.6 Å². The SMILES string of the molecule is POCC1CCCCN1. The molecule has 0 bridgehead atoms. The Balaban J connectivity index is 2.08. The van der Waals surface area contributed by atoms with Crippen LogP contribution >= 0.6 is 9.47 Å². The van der Waals surface area contributed by atoms with Gasteiger partial charge in [-0.1, -0.05) is 6.42 Å². The van der Waals surface area contributed by atoms with Gasteiger partial charge in [0.25, 0.3) is 0 Å². The van der Waals surface area contributed by atoms with Gasteiger partial charge in [-0.2, -0.15) is 0 Å². The third kappa shape index (κ3) is 2.61. The second-order valence-electron chi connectivity index (χ2n) is 2.48. The minimum Gasteiger partial charge on any atom is -0.364 e. The van der Waals surface area contributed by atoms with Crippen LogP contribution in [0, 0.1) is 0 Å². The molecule has 0 aromatic heterocycles. The molecule has 3 heteroatoms. The Morgan fingerprint density at radius 2 is 2.44 bits per heavy atom. The van der Waals surface area contributed by atoms with Crippen molar-refractivity contribution in [3.8, 4) is 0 Å². The molecular formula is C6H14NOP. The summed E-state index contributed by atoms with van der Waals surface area (Å²) in [6, 6.07) is 0.608. The van der Waals surface area contributed by atoms with Gasteiger partial charge in [0.05, 0.1) is 6.61 Å². The fraction of sp³-hybridized carbons (Fsp3) is 1.00. The fourth-order valence-corrected chi connectivity index (χ4v) is 1.41. The van der Waals surface area contributed by atoms with Crippen molar-refractivity contribution >= 4 is 9.47 Å². The number of rotatable bonds is 2. The van der Waals surface area contributed by atoms with Gasteiger partial charge in [-0.15, -0.1) is 0 Å². The standard InChI is InChI=1S/C6H14NOP/c9-8-5-6-3-1-2-4-7-6/h6-7H,1-5,9H2. The number of hydrogen-bond acceptors (Lipinski definition) is 2. The molecule has 1 aliphatic rings. The molecule has 0 saturated carbocycles. The lowest BCUT2D eigenvalue weighted by molar-refractivity contribution is 0.268. The first-order valence-electron chi connectivity index (χ1n) is 3.48. The summed E-state index contributed by atoms with van der Waals surface area (Å²) in [5, 5.41) is 3.38. The molecule has 0 amide bonds. The average Bonchev–Trinajstić information content (AvgIpc) is 1.91. The largest absolute Gasteiger partial charge is 0.364 e. The molecule has 2 nitrogen and oxygen atoms in total. The van der Waals surface area contributed by atoms with E-state index in [0.717, 1.165) is 6.61 Å². The van der Waals surface area contributed by atoms with Crippen LogP contribution in [0.15, 0.2) is 0 Å². The highest BCUT2D eigenvalue weighted by Crippen LogP contribution is 2.07. The van der Waals surface area contributed by atoms with Crippen molar-refractivity contribution in [2.75, 3.05) is 13.2 Å². The highest BCUT2D eigenvalue weighted by molar-refractivity contribution is 7.09. The monoisotopic (exact) mass is 147 g/mol. The van der Waals surface area contributed by atoms with Gasteiger partial charge < -0.3 is 9.84 Å². The van der Waals surface area contributed by atoms with Gasteiger partial charge in [-0.05, 0) is 19.4 Å². The molecule has 0 aromatic carbocycles. The lowest BCUT2D eigenvalue weighted by Crippen LogP contribution is -2.36. The predicted octanol–water partition coefficient (Wildman–Crippen LogP) is 0.935. The molecule has 0 aromatic rings. The molecule has 1 fully saturated rings. The highest BCUT2D eigenvalue weighted by Gasteiger charge is 2.10. The Morgan fingerprint density at radius 1 is 1.56 bits per heavy atom. The summed E-state index contributed by atoms with van der Waals surface area (Å²) in [7, 11) is 2.29. The summed E-state index contributed by atoms with van der Waals surface area (Å²) in [6.07, 6.45) is 3.95. The Kier molecular flexibility index (Phi) is 3.49. The second kappa shape index (κ2) is 4.21. The van der Waals surface area contributed by atoms with Crippen molar-refractivity contribution in [1.82, 2.24) is 5.32 Å². The van der Waals surface area contributed by atoms with E-state index in [-0.39, 0.29) is 0 Å². The average molecular weight is 147 g/mol. The smallest absolute Gasteiger partial charge is 0.0655 e. The van der Waals surface area contributed by atoms with Gasteiger partial charge >= 0.3 is 0 Å². The first-order valence-corrected chi connectivity index (χ1v) is 3.95. The summed E-state index contributed by atoms with van der Waals surface area (Å²) in [5.74, 6) is 0. The van der Waals surface area contributed by atoms with Crippen LogP contribution in [-0.4, -0.2) is 19.2 Å². The third-order valence-corrected chi connectivity index (χ3v) is 1.90. The number of hydrogen-bond donors (Lipinski definition) is 1. The molecule has 1 heterocycles. The zero-order valence-corrected chi connectivity index (χ0v) is 6.75. The summed E-state index contributed by atoms with van der Waals surface area (Å²) in [4.78, 5) is 0. The lowest BCUT2D eigenvalue weighted by atomic mass is 10.1. The molecule has 2 atom stereocenters. The van der Waals surface area contributed by atoms with Gasteiger partial charge in [-0.3, -0.25) is 0 Å². The molecular weight excluding hydrogens is 133 g/mol. The molecule has 1 aliphatic heterocycles. The number of nitrogens with one attached hydrogen (secondary N) is 1. The van der Waals surface area contributed by atoms with Crippen molar-refractivity contribution in [3.05, 3.63) is 0 Å². The van der Waals surface area contributed by atoms with E-state index in [1.54, 1.807) is 0 Å². The third-order valence-electron chi connectivity index (χ3n) is 1.71. The normalized spacial score (nSPS) is 28.3. The highest BCUT2D eigenvalue weighted by atomic mass is 31.0. The molecule has 0 aliphatic carbocycles. The van der Waals surface area contributed by atoms with Crippen LogP contribution in [-0.2, 0) is 4.52 Å². The van der Waals surface area contributed by atoms with Crippen LogP contribution < -0.4 is 5.32 Å². The van der Waals surface area contributed by atoms with Crippen molar-refractivity contribution < 1.29 is 4.52 Å². The molecule has 0 radical (unpaired) electrons. The van der Waals surface area contributed by atoms with Crippen LogP contribution in [0.2, 0.25) is 0 Å². The summed E-state index contributed by atoms with van der Waals surface area (Å²) >= 11 is 0. The van der Waals surface area contributed by atoms with Crippen LogP contribution in [0.3, 0.4) is 0 Å². The Morgan fingerprint density at radius 3 is 3.00 bits per heavy atom. The maximum atomic E-state index is 4.94. The minimum absolute atomic E-state index is 0.608. The first kappa shape index (κ1) is 7.46. The van der Waals surface area contributed by atoms with Crippen molar-refractivity contribution in [3.63, 3.8) is 0 Å². The number of piperidine rings is 1. The Hall–Kier alpha value is 0.350. The van der Waals surface area contributed by atoms with Gasteiger partial charge in [0, 0.05) is 15.5 Å². The minimum atomic E-state index is 0.608. The van der Waals surface area contributed by atoms with E-state index >= 15 is 0 Å². The molecule has 1 rings (SSSR count). The molecule has 2 unspecified atom stereocenters. The zero-order chi connectivity index (χ0) is 6.53. The second-order valence-corrected chi connectivity index (χ2v) is 2.81. The first-order chi connectivity index (χ1) is 4.43. The predicted molar refractivity (Wildman–Crippen MR) is 41.3 cm³/mol. The molecule has 9 heavy (non-hydrogen) atoms. The van der Waals surface area contributed by atoms with Crippen LogP contribution in [0.25, 0.3) is 0 Å². The summed E-state index contributed by atoms with van der Waals surface area (Å²) in [6.45, 7) is 2.00. The zero-order valence-electron chi connectivity index (χ0n) is 5.60. The van der Waals surface area contributed by atoms with Crippen molar-refractivity contribution in [2.24, 2.45) is 0 Å². The molecule has 0 spiro atoms. The fourth-order valence-electron chi connectivity index (χ4n) is 1.18. The van der Waals surface area contributed by atoms with Crippen molar-refractivity contribution in [2.45, 2.75) is 25.3 Å². The van der Waals surface area contributed by atoms with E-state index in [4.69, 9.17) is 4.52 Å². The molecule has 54 valence electrons. The van der Waals surface area contributed by atoms with Crippen LogP contribution in [0.1, 0.15) is 19.3 Å². The Bertz CT molecular complexity index is 70.7. The maximum absolute atomic E-state index is 4.94. The lowest BCUT2D eigenvalue weighted by Gasteiger charge is -2.21. The van der Waals surface area contributed by atoms with Gasteiger partial charge in [0.15, 0.2) is 0 Å². The molecule has 1 N–H and O–H groups in total. The topological polar surface area (TPSA) is 21.3 Å². The van der Waals surface area contributed by atoms with Gasteiger partial charge in [0.1, 0.15) is 0 Å². The van der Waals surface area contributed by atoms with Crippen LogP contribution in [0.4, 0.5) is 0 Å².